The minimum absolute atomic E-state index is 0.701. The van der Waals surface area contributed by atoms with Gasteiger partial charge in [0.2, 0.25) is 0 Å². The molecule has 0 atom stereocenters. The monoisotopic (exact) mass is 280 g/mol. The van der Waals surface area contributed by atoms with Crippen LogP contribution in [0.2, 0.25) is 0 Å². The number of rotatable bonds is 6. The molecule has 1 aromatic rings. The van der Waals surface area contributed by atoms with Crippen LogP contribution >= 0.6 is 11.9 Å². The lowest BCUT2D eigenvalue weighted by Crippen LogP contribution is -2.41. The Bertz CT molecular complexity index is 361. The van der Waals surface area contributed by atoms with Gasteiger partial charge >= 0.3 is 0 Å². The number of hydrogen-bond donors (Lipinski definition) is 1. The molecule has 2 rings (SSSR count). The quantitative estimate of drug-likeness (QED) is 0.810. The average Bonchev–Trinajstić information content (AvgIpc) is 2.47. The molecule has 3 nitrogen and oxygen atoms in total. The van der Waals surface area contributed by atoms with Gasteiger partial charge in [-0.2, -0.15) is 0 Å². The molecule has 0 radical (unpaired) electrons. The van der Waals surface area contributed by atoms with E-state index in [9.17, 15) is 0 Å². The molecule has 1 saturated heterocycles. The summed E-state index contributed by atoms with van der Waals surface area (Å²) >= 11 is 1.74. The summed E-state index contributed by atoms with van der Waals surface area (Å²) in [7, 11) is 1.71. The molecule has 0 aliphatic carbocycles. The lowest BCUT2D eigenvalue weighted by Gasteiger charge is -2.31. The molecule has 106 valence electrons. The van der Waals surface area contributed by atoms with E-state index >= 15 is 0 Å². The fourth-order valence-electron chi connectivity index (χ4n) is 2.52. The Morgan fingerprint density at radius 2 is 1.95 bits per heavy atom. The van der Waals surface area contributed by atoms with Gasteiger partial charge < -0.3 is 9.64 Å². The van der Waals surface area contributed by atoms with Gasteiger partial charge in [-0.15, -0.1) is 0 Å². The number of piperidine rings is 1. The molecule has 1 aromatic carbocycles. The van der Waals surface area contributed by atoms with Crippen molar-refractivity contribution in [3.63, 3.8) is 0 Å². The van der Waals surface area contributed by atoms with E-state index in [2.05, 4.69) is 28.0 Å². The molecule has 0 amide bonds. The van der Waals surface area contributed by atoms with Crippen LogP contribution in [0.4, 0.5) is 0 Å². The molecule has 1 N–H and O–H groups in total. The highest BCUT2D eigenvalue weighted by atomic mass is 32.2. The molecule has 0 aromatic heterocycles. The third-order valence-electron chi connectivity index (χ3n) is 3.75. The van der Waals surface area contributed by atoms with Crippen LogP contribution in [0.3, 0.4) is 0 Å². The number of ether oxygens (including phenoxy) is 1. The summed E-state index contributed by atoms with van der Waals surface area (Å²) in [6.07, 6.45) is 5.77. The van der Waals surface area contributed by atoms with Crippen molar-refractivity contribution in [2.24, 2.45) is 0 Å². The molecule has 4 heteroatoms. The van der Waals surface area contributed by atoms with Gasteiger partial charge in [0, 0.05) is 12.6 Å². The minimum Gasteiger partial charge on any atom is -0.497 e. The molecule has 19 heavy (non-hydrogen) atoms. The second-order valence-electron chi connectivity index (χ2n) is 5.04. The lowest BCUT2D eigenvalue weighted by atomic mass is 10.1. The van der Waals surface area contributed by atoms with Gasteiger partial charge in [0.1, 0.15) is 5.75 Å². The number of hydrogen-bond acceptors (Lipinski definition) is 4. The number of nitrogens with zero attached hydrogens (tertiary/aromatic N) is 1. The van der Waals surface area contributed by atoms with Crippen molar-refractivity contribution in [1.82, 2.24) is 9.62 Å². The first-order chi connectivity index (χ1) is 9.31. The standard InChI is InChI=1S/C15H24N2OS/c1-18-15-5-3-13(4-6-15)7-10-17-11-8-14(9-12-17)16-19-2/h3-6,14,16H,7-12H2,1-2H3. The normalized spacial score (nSPS) is 17.6. The van der Waals surface area contributed by atoms with Crippen molar-refractivity contribution in [3.8, 4) is 5.75 Å². The molecule has 0 bridgehead atoms. The minimum atomic E-state index is 0.701. The second-order valence-corrected chi connectivity index (χ2v) is 5.68. The fraction of sp³-hybridized carbons (Fsp3) is 0.600. The Balaban J connectivity index is 1.71. The van der Waals surface area contributed by atoms with Crippen molar-refractivity contribution in [1.29, 1.82) is 0 Å². The number of methoxy groups -OCH3 is 1. The van der Waals surface area contributed by atoms with Crippen LogP contribution in [0.1, 0.15) is 18.4 Å². The van der Waals surface area contributed by atoms with Crippen LogP contribution in [0.15, 0.2) is 24.3 Å². The van der Waals surface area contributed by atoms with E-state index in [0.29, 0.717) is 6.04 Å². The van der Waals surface area contributed by atoms with E-state index in [4.69, 9.17) is 4.74 Å². The van der Waals surface area contributed by atoms with Crippen LogP contribution in [0.25, 0.3) is 0 Å². The molecule has 0 unspecified atom stereocenters. The first kappa shape index (κ1) is 14.7. The van der Waals surface area contributed by atoms with Gasteiger partial charge in [0.25, 0.3) is 0 Å². The van der Waals surface area contributed by atoms with Gasteiger partial charge in [-0.1, -0.05) is 24.1 Å². The second kappa shape index (κ2) is 7.78. The maximum Gasteiger partial charge on any atom is 0.118 e. The maximum atomic E-state index is 5.18. The summed E-state index contributed by atoms with van der Waals surface area (Å²) in [6.45, 7) is 3.60. The summed E-state index contributed by atoms with van der Waals surface area (Å²) < 4.78 is 8.65. The molecule has 0 spiro atoms. The lowest BCUT2D eigenvalue weighted by molar-refractivity contribution is 0.211. The Hall–Kier alpha value is -0.710. The van der Waals surface area contributed by atoms with Gasteiger partial charge in [0.15, 0.2) is 0 Å². The topological polar surface area (TPSA) is 24.5 Å². The number of benzene rings is 1. The van der Waals surface area contributed by atoms with Gasteiger partial charge in [-0.05, 0) is 56.3 Å². The number of nitrogens with one attached hydrogen (secondary N) is 1. The van der Waals surface area contributed by atoms with E-state index in [1.54, 1.807) is 19.1 Å². The van der Waals surface area contributed by atoms with Crippen LogP contribution in [-0.2, 0) is 6.42 Å². The van der Waals surface area contributed by atoms with E-state index in [1.165, 1.54) is 31.5 Å². The van der Waals surface area contributed by atoms with Crippen molar-refractivity contribution >= 4 is 11.9 Å². The predicted octanol–water partition coefficient (Wildman–Crippen LogP) is 2.57. The zero-order chi connectivity index (χ0) is 13.5. The third kappa shape index (κ3) is 4.71. The molecule has 1 fully saturated rings. The zero-order valence-electron chi connectivity index (χ0n) is 11.9. The van der Waals surface area contributed by atoms with Crippen LogP contribution < -0.4 is 9.46 Å². The highest BCUT2D eigenvalue weighted by Crippen LogP contribution is 2.15. The van der Waals surface area contributed by atoms with Gasteiger partial charge in [-0.25, -0.2) is 0 Å². The summed E-state index contributed by atoms with van der Waals surface area (Å²) in [5.74, 6) is 0.938. The van der Waals surface area contributed by atoms with E-state index < -0.39 is 0 Å². The highest BCUT2D eigenvalue weighted by molar-refractivity contribution is 7.96. The fourth-order valence-corrected chi connectivity index (χ4v) is 3.09. The van der Waals surface area contributed by atoms with Gasteiger partial charge in [0.05, 0.1) is 7.11 Å². The van der Waals surface area contributed by atoms with Gasteiger partial charge in [-0.3, -0.25) is 4.72 Å². The first-order valence-corrected chi connectivity index (χ1v) is 8.18. The molecule has 1 aliphatic rings. The molecule has 1 aliphatic heterocycles. The van der Waals surface area contributed by atoms with Crippen LogP contribution in [0.5, 0.6) is 5.75 Å². The third-order valence-corrected chi connectivity index (χ3v) is 4.32. The van der Waals surface area contributed by atoms with E-state index in [1.807, 2.05) is 12.1 Å². The predicted molar refractivity (Wildman–Crippen MR) is 82.8 cm³/mol. The number of likely N-dealkylation sites (tertiary alicyclic amines) is 1. The smallest absolute Gasteiger partial charge is 0.118 e. The zero-order valence-corrected chi connectivity index (χ0v) is 12.7. The van der Waals surface area contributed by atoms with Crippen LogP contribution in [0, 0.1) is 0 Å². The van der Waals surface area contributed by atoms with E-state index in [0.717, 1.165) is 18.7 Å². The summed E-state index contributed by atoms with van der Waals surface area (Å²) in [5, 5.41) is 0. The summed E-state index contributed by atoms with van der Waals surface area (Å²) in [5.41, 5.74) is 1.39. The molecular formula is C15H24N2OS. The highest BCUT2D eigenvalue weighted by Gasteiger charge is 2.17. The van der Waals surface area contributed by atoms with E-state index in [-0.39, 0.29) is 0 Å². The van der Waals surface area contributed by atoms with Crippen molar-refractivity contribution in [2.45, 2.75) is 25.3 Å². The Morgan fingerprint density at radius 1 is 1.26 bits per heavy atom. The van der Waals surface area contributed by atoms with Crippen molar-refractivity contribution in [2.75, 3.05) is 33.0 Å². The molecular weight excluding hydrogens is 256 g/mol. The van der Waals surface area contributed by atoms with Crippen LogP contribution in [-0.4, -0.2) is 43.9 Å². The maximum absolute atomic E-state index is 5.18. The first-order valence-electron chi connectivity index (χ1n) is 6.95. The Labute approximate surface area is 120 Å². The summed E-state index contributed by atoms with van der Waals surface area (Å²) in [6, 6.07) is 9.13. The largest absolute Gasteiger partial charge is 0.497 e. The average molecular weight is 280 g/mol. The van der Waals surface area contributed by atoms with Crippen molar-refractivity contribution < 1.29 is 4.74 Å². The van der Waals surface area contributed by atoms with Crippen molar-refractivity contribution in [3.05, 3.63) is 29.8 Å². The molecule has 0 saturated carbocycles. The Kier molecular flexibility index (Phi) is 6.01. The SMILES string of the molecule is COc1ccc(CCN2CCC(NSC)CC2)cc1. The summed E-state index contributed by atoms with van der Waals surface area (Å²) in [4.78, 5) is 2.57. The Morgan fingerprint density at radius 3 is 2.53 bits per heavy atom. The molecule has 1 heterocycles.